The average Bonchev–Trinajstić information content (AvgIpc) is 2.96. The van der Waals surface area contributed by atoms with Crippen LogP contribution in [0.15, 0.2) is 71.9 Å². The molecule has 2 aliphatic rings. The van der Waals surface area contributed by atoms with Gasteiger partial charge in [-0.05, 0) is 0 Å². The van der Waals surface area contributed by atoms with Gasteiger partial charge in [-0.1, -0.05) is 0 Å². The van der Waals surface area contributed by atoms with Gasteiger partial charge in [-0.3, -0.25) is 0 Å². The van der Waals surface area contributed by atoms with Crippen LogP contribution < -0.4 is 9.78 Å². The van der Waals surface area contributed by atoms with Crippen LogP contribution in [-0.2, 0) is 4.31 Å². The monoisotopic (exact) mass is 312 g/mol. The standard InChI is InChI=1S/C16H12N2Se/c1-2-6-12(7-3-1)19-16-10-11-17-15(16)18-14-9-5-4-8-13(14)16/h1-11H,(H,17,18). The Kier molecular flexibility index (Phi) is 2.37. The molecule has 1 N–H and O–H groups in total. The van der Waals surface area contributed by atoms with Crippen molar-refractivity contribution in [3.63, 3.8) is 0 Å². The number of anilines is 1. The number of aliphatic imine (C=N–C) groups is 1. The van der Waals surface area contributed by atoms with E-state index in [1.807, 2.05) is 6.20 Å². The molecule has 19 heavy (non-hydrogen) atoms. The van der Waals surface area contributed by atoms with E-state index in [0.29, 0.717) is 15.0 Å². The zero-order chi connectivity index (χ0) is 12.7. The van der Waals surface area contributed by atoms with Gasteiger partial charge in [-0.2, -0.15) is 0 Å². The maximum absolute atomic E-state index is 4.52. The Morgan fingerprint density at radius 1 is 0.947 bits per heavy atom. The van der Waals surface area contributed by atoms with Gasteiger partial charge >= 0.3 is 118 Å². The second kappa shape index (κ2) is 4.09. The predicted octanol–water partition coefficient (Wildman–Crippen LogP) is 2.26. The summed E-state index contributed by atoms with van der Waals surface area (Å²) in [6, 6.07) is 19.2. The van der Waals surface area contributed by atoms with Crippen LogP contribution in [0, 0.1) is 0 Å². The van der Waals surface area contributed by atoms with Crippen molar-refractivity contribution in [1.29, 1.82) is 0 Å². The van der Waals surface area contributed by atoms with Gasteiger partial charge in [-0.25, -0.2) is 0 Å². The summed E-state index contributed by atoms with van der Waals surface area (Å²) in [6.07, 6.45) is 4.18. The summed E-state index contributed by atoms with van der Waals surface area (Å²) in [5.74, 6) is 1.08. The van der Waals surface area contributed by atoms with E-state index in [1.165, 1.54) is 15.7 Å². The maximum atomic E-state index is 4.52. The van der Waals surface area contributed by atoms with E-state index in [-0.39, 0.29) is 4.31 Å². The topological polar surface area (TPSA) is 24.4 Å². The molecule has 4 rings (SSSR count). The molecule has 0 saturated carbocycles. The zero-order valence-corrected chi connectivity index (χ0v) is 11.9. The van der Waals surface area contributed by atoms with Crippen LogP contribution in [-0.4, -0.2) is 20.8 Å². The van der Waals surface area contributed by atoms with E-state index in [0.717, 1.165) is 5.84 Å². The van der Waals surface area contributed by atoms with Crippen LogP contribution in [0.3, 0.4) is 0 Å². The van der Waals surface area contributed by atoms with E-state index < -0.39 is 0 Å². The van der Waals surface area contributed by atoms with E-state index in [9.17, 15) is 0 Å². The van der Waals surface area contributed by atoms with Crippen molar-refractivity contribution in [3.05, 3.63) is 72.4 Å². The number of amidine groups is 1. The molecule has 3 heteroatoms. The van der Waals surface area contributed by atoms with Crippen molar-refractivity contribution in [2.45, 2.75) is 4.31 Å². The summed E-state index contributed by atoms with van der Waals surface area (Å²) in [5.41, 5.74) is 2.55. The number of rotatable bonds is 2. The SMILES string of the molecule is C1=CC2([Se]c3ccccc3)C(=N1)Nc1ccccc12. The van der Waals surface area contributed by atoms with Crippen LogP contribution in [0.1, 0.15) is 5.56 Å². The Morgan fingerprint density at radius 3 is 2.63 bits per heavy atom. The summed E-state index contributed by atoms with van der Waals surface area (Å²) < 4.78 is 1.36. The molecule has 0 amide bonds. The van der Waals surface area contributed by atoms with E-state index in [2.05, 4.69) is 71.0 Å². The molecule has 0 spiro atoms. The van der Waals surface area contributed by atoms with Crippen molar-refractivity contribution in [1.82, 2.24) is 0 Å². The third-order valence-electron chi connectivity index (χ3n) is 3.47. The average molecular weight is 311 g/mol. The molecule has 2 aromatic carbocycles. The molecule has 2 aromatic rings. The molecular formula is C16H12N2Se. The van der Waals surface area contributed by atoms with E-state index in [4.69, 9.17) is 0 Å². The third-order valence-corrected chi connectivity index (χ3v) is 6.36. The Morgan fingerprint density at radius 2 is 1.74 bits per heavy atom. The minimum absolute atomic E-state index is 0.0368. The number of fused-ring (bicyclic) bond motifs is 3. The van der Waals surface area contributed by atoms with Gasteiger partial charge in [0.05, 0.1) is 0 Å². The zero-order valence-electron chi connectivity index (χ0n) is 10.2. The van der Waals surface area contributed by atoms with Crippen molar-refractivity contribution < 1.29 is 0 Å². The van der Waals surface area contributed by atoms with Crippen LogP contribution >= 0.6 is 0 Å². The molecule has 2 heterocycles. The third kappa shape index (κ3) is 1.59. The van der Waals surface area contributed by atoms with Crippen molar-refractivity contribution in [2.75, 3.05) is 5.32 Å². The van der Waals surface area contributed by atoms with E-state index >= 15 is 0 Å². The molecule has 0 saturated heterocycles. The first-order valence-electron chi connectivity index (χ1n) is 6.25. The van der Waals surface area contributed by atoms with Crippen molar-refractivity contribution in [3.8, 4) is 0 Å². The van der Waals surface area contributed by atoms with Crippen LogP contribution in [0.25, 0.3) is 0 Å². The Bertz CT molecular complexity index is 691. The summed E-state index contributed by atoms with van der Waals surface area (Å²) in [7, 11) is 0. The number of hydrogen-bond donors (Lipinski definition) is 1. The molecule has 0 fully saturated rings. The fraction of sp³-hybridized carbons (Fsp3) is 0.0625. The minimum atomic E-state index is -0.0368. The fourth-order valence-corrected chi connectivity index (χ4v) is 5.28. The molecule has 0 aliphatic carbocycles. The fourth-order valence-electron chi connectivity index (χ4n) is 2.59. The quantitative estimate of drug-likeness (QED) is 0.846. The summed E-state index contributed by atoms with van der Waals surface area (Å²) in [5, 5.41) is 3.46. The summed E-state index contributed by atoms with van der Waals surface area (Å²) >= 11 is 0.291. The van der Waals surface area contributed by atoms with E-state index in [1.54, 1.807) is 0 Å². The van der Waals surface area contributed by atoms with Crippen LogP contribution in [0.2, 0.25) is 0 Å². The number of nitrogens with one attached hydrogen (secondary N) is 1. The molecule has 92 valence electrons. The number of hydrogen-bond acceptors (Lipinski definition) is 2. The van der Waals surface area contributed by atoms with Gasteiger partial charge in [0.1, 0.15) is 0 Å². The molecular weight excluding hydrogens is 299 g/mol. The first-order valence-corrected chi connectivity index (χ1v) is 7.96. The first-order chi connectivity index (χ1) is 9.38. The van der Waals surface area contributed by atoms with Gasteiger partial charge in [0, 0.05) is 0 Å². The molecule has 0 aromatic heterocycles. The molecule has 1 atom stereocenters. The van der Waals surface area contributed by atoms with Gasteiger partial charge in [0.25, 0.3) is 0 Å². The summed E-state index contributed by atoms with van der Waals surface area (Å²) in [6.45, 7) is 0. The Balaban J connectivity index is 1.84. The van der Waals surface area contributed by atoms with Gasteiger partial charge < -0.3 is 0 Å². The van der Waals surface area contributed by atoms with Crippen LogP contribution in [0.5, 0.6) is 0 Å². The first kappa shape index (κ1) is 11.0. The normalized spacial score (nSPS) is 22.6. The molecule has 0 radical (unpaired) electrons. The van der Waals surface area contributed by atoms with Gasteiger partial charge in [0.2, 0.25) is 0 Å². The Labute approximate surface area is 118 Å². The Hall–Kier alpha value is -1.83. The van der Waals surface area contributed by atoms with Gasteiger partial charge in [-0.15, -0.1) is 0 Å². The van der Waals surface area contributed by atoms with Crippen LogP contribution in [0.4, 0.5) is 5.69 Å². The number of nitrogens with zero attached hydrogens (tertiary/aromatic N) is 1. The second-order valence-corrected chi connectivity index (χ2v) is 7.38. The second-order valence-electron chi connectivity index (χ2n) is 4.61. The predicted molar refractivity (Wildman–Crippen MR) is 80.1 cm³/mol. The summed E-state index contributed by atoms with van der Waals surface area (Å²) in [4.78, 5) is 4.52. The molecule has 2 aliphatic heterocycles. The van der Waals surface area contributed by atoms with Crippen molar-refractivity contribution in [2.24, 2.45) is 4.99 Å². The molecule has 0 bridgehead atoms. The molecule has 2 nitrogen and oxygen atoms in total. The molecule has 1 unspecified atom stereocenters. The number of para-hydroxylation sites is 1. The van der Waals surface area contributed by atoms with Gasteiger partial charge in [0.15, 0.2) is 0 Å². The number of benzene rings is 2. The van der Waals surface area contributed by atoms with Crippen molar-refractivity contribution >= 4 is 30.9 Å².